The van der Waals surface area contributed by atoms with Crippen molar-refractivity contribution in [2.24, 2.45) is 5.73 Å². The molecule has 0 amide bonds. The molecule has 110 valence electrons. The van der Waals surface area contributed by atoms with Crippen LogP contribution in [0.3, 0.4) is 0 Å². The topological polar surface area (TPSA) is 119 Å². The van der Waals surface area contributed by atoms with E-state index in [9.17, 15) is 9.59 Å². The van der Waals surface area contributed by atoms with E-state index < -0.39 is 18.0 Å². The Labute approximate surface area is 115 Å². The number of methoxy groups -OCH3 is 2. The van der Waals surface area contributed by atoms with Crippen molar-refractivity contribution < 1.29 is 29.3 Å². The highest BCUT2D eigenvalue weighted by molar-refractivity contribution is 5.91. The lowest BCUT2D eigenvalue weighted by molar-refractivity contribution is -0.137. The van der Waals surface area contributed by atoms with Gasteiger partial charge in [0, 0.05) is 24.1 Å². The van der Waals surface area contributed by atoms with Crippen LogP contribution in [0.1, 0.15) is 34.8 Å². The van der Waals surface area contributed by atoms with Crippen molar-refractivity contribution >= 4 is 11.9 Å². The van der Waals surface area contributed by atoms with Crippen molar-refractivity contribution in [3.05, 3.63) is 23.3 Å². The van der Waals surface area contributed by atoms with Gasteiger partial charge in [0.2, 0.25) is 0 Å². The van der Waals surface area contributed by atoms with Gasteiger partial charge in [0.25, 0.3) is 0 Å². The molecule has 0 aliphatic heterocycles. The molecule has 0 saturated carbocycles. The van der Waals surface area contributed by atoms with Crippen molar-refractivity contribution in [2.45, 2.75) is 18.9 Å². The van der Waals surface area contributed by atoms with E-state index >= 15 is 0 Å². The predicted octanol–water partition coefficient (Wildman–Crippen LogP) is 1.27. The van der Waals surface area contributed by atoms with Gasteiger partial charge in [0.05, 0.1) is 14.2 Å². The maximum Gasteiger partial charge on any atom is 0.339 e. The lowest BCUT2D eigenvalue weighted by Crippen LogP contribution is -2.15. The minimum Gasteiger partial charge on any atom is -0.496 e. The average molecular weight is 283 g/mol. The third-order valence-electron chi connectivity index (χ3n) is 2.85. The van der Waals surface area contributed by atoms with Gasteiger partial charge >= 0.3 is 11.9 Å². The summed E-state index contributed by atoms with van der Waals surface area (Å²) in [4.78, 5) is 21.7. The number of nitrogens with two attached hydrogens (primary N) is 1. The third kappa shape index (κ3) is 3.61. The van der Waals surface area contributed by atoms with Crippen LogP contribution in [0.4, 0.5) is 0 Å². The molecule has 1 atom stereocenters. The van der Waals surface area contributed by atoms with Crippen LogP contribution >= 0.6 is 0 Å². The van der Waals surface area contributed by atoms with E-state index in [4.69, 9.17) is 25.4 Å². The quantitative estimate of drug-likeness (QED) is 0.689. The van der Waals surface area contributed by atoms with Gasteiger partial charge < -0.3 is 25.4 Å². The van der Waals surface area contributed by atoms with Crippen LogP contribution in [0.2, 0.25) is 0 Å². The van der Waals surface area contributed by atoms with E-state index in [1.54, 1.807) is 0 Å². The molecule has 0 aromatic heterocycles. The fourth-order valence-electron chi connectivity index (χ4n) is 1.81. The summed E-state index contributed by atoms with van der Waals surface area (Å²) in [5.41, 5.74) is 6.29. The maximum absolute atomic E-state index is 11.2. The zero-order valence-electron chi connectivity index (χ0n) is 11.3. The summed E-state index contributed by atoms with van der Waals surface area (Å²) in [5, 5.41) is 17.8. The van der Waals surface area contributed by atoms with Crippen LogP contribution in [-0.2, 0) is 4.79 Å². The highest BCUT2D eigenvalue weighted by Gasteiger charge is 2.20. The summed E-state index contributed by atoms with van der Waals surface area (Å²) in [6.45, 7) is 0. The SMILES string of the molecule is COc1cc(OC)c(C(N)CCC(=O)O)cc1C(=O)O. The van der Waals surface area contributed by atoms with Gasteiger partial charge in [-0.25, -0.2) is 4.79 Å². The lowest BCUT2D eigenvalue weighted by Gasteiger charge is -2.17. The molecule has 1 aromatic carbocycles. The van der Waals surface area contributed by atoms with Crippen LogP contribution in [-0.4, -0.2) is 36.4 Å². The molecule has 4 N–H and O–H groups in total. The Balaban J connectivity index is 3.19. The largest absolute Gasteiger partial charge is 0.496 e. The molecule has 1 rings (SSSR count). The second kappa shape index (κ2) is 6.76. The third-order valence-corrected chi connectivity index (χ3v) is 2.85. The van der Waals surface area contributed by atoms with Crippen molar-refractivity contribution in [3.8, 4) is 11.5 Å². The lowest BCUT2D eigenvalue weighted by atomic mass is 9.98. The molecule has 0 saturated heterocycles. The zero-order valence-corrected chi connectivity index (χ0v) is 11.3. The Morgan fingerprint density at radius 2 is 1.80 bits per heavy atom. The molecule has 0 fully saturated rings. The van der Waals surface area contributed by atoms with Gasteiger partial charge in [-0.2, -0.15) is 0 Å². The molecular weight excluding hydrogens is 266 g/mol. The average Bonchev–Trinajstić information content (AvgIpc) is 2.42. The summed E-state index contributed by atoms with van der Waals surface area (Å²) in [5.74, 6) is -1.60. The number of benzene rings is 1. The molecule has 1 aromatic rings. The van der Waals surface area contributed by atoms with Gasteiger partial charge in [-0.3, -0.25) is 4.79 Å². The smallest absolute Gasteiger partial charge is 0.339 e. The van der Waals surface area contributed by atoms with Crippen LogP contribution in [0.15, 0.2) is 12.1 Å². The van der Waals surface area contributed by atoms with Crippen LogP contribution in [0.5, 0.6) is 11.5 Å². The molecule has 1 unspecified atom stereocenters. The second-order valence-corrected chi connectivity index (χ2v) is 4.14. The van der Waals surface area contributed by atoms with Crippen molar-refractivity contribution in [3.63, 3.8) is 0 Å². The molecule has 0 aliphatic rings. The van der Waals surface area contributed by atoms with Gasteiger partial charge in [0.15, 0.2) is 0 Å². The molecule has 0 bridgehead atoms. The van der Waals surface area contributed by atoms with Crippen LogP contribution < -0.4 is 15.2 Å². The first-order valence-corrected chi connectivity index (χ1v) is 5.87. The Morgan fingerprint density at radius 1 is 1.20 bits per heavy atom. The van der Waals surface area contributed by atoms with E-state index in [-0.39, 0.29) is 24.2 Å². The maximum atomic E-state index is 11.2. The minimum atomic E-state index is -1.16. The summed E-state index contributed by atoms with van der Waals surface area (Å²) in [6, 6.07) is 2.15. The van der Waals surface area contributed by atoms with Gasteiger partial charge in [0.1, 0.15) is 17.1 Å². The molecule has 7 nitrogen and oxygen atoms in total. The number of rotatable bonds is 7. The monoisotopic (exact) mass is 283 g/mol. The zero-order chi connectivity index (χ0) is 15.3. The van der Waals surface area contributed by atoms with Gasteiger partial charge in [-0.15, -0.1) is 0 Å². The highest BCUT2D eigenvalue weighted by atomic mass is 16.5. The Hall–Kier alpha value is -2.28. The summed E-state index contributed by atoms with van der Waals surface area (Å²) in [7, 11) is 2.77. The van der Waals surface area contributed by atoms with Crippen LogP contribution in [0, 0.1) is 0 Å². The van der Waals surface area contributed by atoms with E-state index in [0.717, 1.165) is 0 Å². The number of carboxylic acid groups (broad SMARTS) is 2. The number of aromatic carboxylic acids is 1. The van der Waals surface area contributed by atoms with Crippen molar-refractivity contribution in [1.82, 2.24) is 0 Å². The summed E-state index contributed by atoms with van der Waals surface area (Å²) in [6.07, 6.45) is 0.0653. The molecular formula is C13H17NO6. The number of carboxylic acids is 2. The summed E-state index contributed by atoms with van der Waals surface area (Å²) >= 11 is 0. The fourth-order valence-corrected chi connectivity index (χ4v) is 1.81. The van der Waals surface area contributed by atoms with Gasteiger partial charge in [-0.1, -0.05) is 0 Å². The van der Waals surface area contributed by atoms with Crippen LogP contribution in [0.25, 0.3) is 0 Å². The molecule has 0 radical (unpaired) electrons. The Bertz CT molecular complexity index is 514. The predicted molar refractivity (Wildman–Crippen MR) is 70.3 cm³/mol. The number of carbonyl (C=O) groups is 2. The first-order valence-electron chi connectivity index (χ1n) is 5.87. The highest BCUT2D eigenvalue weighted by Crippen LogP contribution is 2.33. The first-order chi connectivity index (χ1) is 9.40. The van der Waals surface area contributed by atoms with Crippen molar-refractivity contribution in [1.29, 1.82) is 0 Å². The van der Waals surface area contributed by atoms with E-state index in [1.807, 2.05) is 0 Å². The standard InChI is InChI=1S/C13H17NO6/c1-19-10-6-11(20-2)8(13(17)18)5-7(10)9(14)3-4-12(15)16/h5-6,9H,3-4,14H2,1-2H3,(H,15,16)(H,17,18). The van der Waals surface area contributed by atoms with E-state index in [1.165, 1.54) is 26.4 Å². The Kier molecular flexibility index (Phi) is 5.33. The Morgan fingerprint density at radius 3 is 2.25 bits per heavy atom. The molecule has 0 aliphatic carbocycles. The summed E-state index contributed by atoms with van der Waals surface area (Å²) < 4.78 is 10.1. The first kappa shape index (κ1) is 15.8. The number of aliphatic carboxylic acids is 1. The number of hydrogen-bond donors (Lipinski definition) is 3. The molecule has 7 heteroatoms. The normalized spacial score (nSPS) is 11.8. The van der Waals surface area contributed by atoms with E-state index in [0.29, 0.717) is 11.3 Å². The number of hydrogen-bond acceptors (Lipinski definition) is 5. The number of ether oxygens (including phenoxy) is 2. The minimum absolute atomic E-state index is 0.0472. The molecule has 0 spiro atoms. The molecule has 20 heavy (non-hydrogen) atoms. The van der Waals surface area contributed by atoms with Gasteiger partial charge in [-0.05, 0) is 12.5 Å². The van der Waals surface area contributed by atoms with Crippen molar-refractivity contribution in [2.75, 3.05) is 14.2 Å². The second-order valence-electron chi connectivity index (χ2n) is 4.14. The fraction of sp³-hybridized carbons (Fsp3) is 0.385. The molecule has 0 heterocycles. The van der Waals surface area contributed by atoms with E-state index in [2.05, 4.69) is 0 Å².